The van der Waals surface area contributed by atoms with Crippen molar-refractivity contribution in [3.8, 4) is 0 Å². The summed E-state index contributed by atoms with van der Waals surface area (Å²) in [5, 5.41) is 0.269. The second kappa shape index (κ2) is 10.1. The van der Waals surface area contributed by atoms with E-state index in [1.54, 1.807) is 34.1 Å². The van der Waals surface area contributed by atoms with Gasteiger partial charge in [-0.3, -0.25) is 9.59 Å². The molecule has 0 spiro atoms. The molecule has 0 unspecified atom stereocenters. The van der Waals surface area contributed by atoms with Gasteiger partial charge in [0.15, 0.2) is 0 Å². The quantitative estimate of drug-likeness (QED) is 0.670. The molecule has 2 aromatic carbocycles. The molecule has 6 nitrogen and oxygen atoms in total. The van der Waals surface area contributed by atoms with Gasteiger partial charge in [-0.15, -0.1) is 0 Å². The zero-order chi connectivity index (χ0) is 24.2. The Labute approximate surface area is 194 Å². The molecule has 1 heterocycles. The van der Waals surface area contributed by atoms with Crippen molar-refractivity contribution < 1.29 is 22.8 Å². The zero-order valence-corrected chi connectivity index (χ0v) is 18.5. The van der Waals surface area contributed by atoms with Crippen molar-refractivity contribution in [3.05, 3.63) is 76.5 Å². The van der Waals surface area contributed by atoms with Crippen LogP contribution in [0.15, 0.2) is 65.3 Å². The standard InChI is InChI=1S/C23H22ClF3N4O2/c1-15(32)30-10-12-31(13-11-30)22(33)17-8-6-16(7-9-17)20(14-21(28)23(25,26)27)29-19-5-3-2-4-18(19)24/h2-9,14H,10-13,28H2,1H3. The van der Waals surface area contributed by atoms with Crippen LogP contribution in [0, 0.1) is 0 Å². The van der Waals surface area contributed by atoms with E-state index in [2.05, 4.69) is 4.99 Å². The molecule has 1 fully saturated rings. The molecule has 2 amide bonds. The van der Waals surface area contributed by atoms with Gasteiger partial charge in [-0.05, 0) is 30.3 Å². The van der Waals surface area contributed by atoms with Crippen LogP contribution in [-0.2, 0) is 4.79 Å². The van der Waals surface area contributed by atoms with Crippen molar-refractivity contribution in [1.29, 1.82) is 0 Å². The average Bonchev–Trinajstić information content (AvgIpc) is 2.79. The van der Waals surface area contributed by atoms with E-state index in [0.717, 1.165) is 6.08 Å². The lowest BCUT2D eigenvalue weighted by molar-refractivity contribution is -0.130. The van der Waals surface area contributed by atoms with Gasteiger partial charge in [0, 0.05) is 44.2 Å². The van der Waals surface area contributed by atoms with E-state index < -0.39 is 11.9 Å². The number of hydrogen-bond donors (Lipinski definition) is 1. The van der Waals surface area contributed by atoms with Gasteiger partial charge in [0.25, 0.3) is 5.91 Å². The maximum absolute atomic E-state index is 13.0. The average molecular weight is 479 g/mol. The summed E-state index contributed by atoms with van der Waals surface area (Å²) >= 11 is 6.11. The first-order valence-corrected chi connectivity index (χ1v) is 10.5. The molecule has 1 saturated heterocycles. The summed E-state index contributed by atoms with van der Waals surface area (Å²) < 4.78 is 39.1. The number of piperazine rings is 1. The number of benzene rings is 2. The summed E-state index contributed by atoms with van der Waals surface area (Å²) in [5.74, 6) is -0.261. The first-order valence-electron chi connectivity index (χ1n) is 10.1. The Hall–Kier alpha value is -3.33. The number of alkyl halides is 3. The highest BCUT2D eigenvalue weighted by Gasteiger charge is 2.32. The predicted octanol–water partition coefficient (Wildman–Crippen LogP) is 4.17. The third kappa shape index (κ3) is 6.13. The van der Waals surface area contributed by atoms with E-state index in [1.165, 1.54) is 31.2 Å². The number of rotatable bonds is 4. The Bertz CT molecular complexity index is 1090. The second-order valence-corrected chi connectivity index (χ2v) is 7.83. The summed E-state index contributed by atoms with van der Waals surface area (Å²) in [7, 11) is 0. The van der Waals surface area contributed by atoms with Crippen LogP contribution in [0.5, 0.6) is 0 Å². The molecule has 0 atom stereocenters. The van der Waals surface area contributed by atoms with E-state index in [1.807, 2.05) is 0 Å². The SMILES string of the molecule is CC(=O)N1CCN(C(=O)c2ccc(C(C=C(N)C(F)(F)F)=Nc3ccccc3Cl)cc2)CC1. The molecule has 0 bridgehead atoms. The van der Waals surface area contributed by atoms with Crippen molar-refractivity contribution in [2.24, 2.45) is 10.7 Å². The van der Waals surface area contributed by atoms with E-state index in [9.17, 15) is 22.8 Å². The number of amides is 2. The van der Waals surface area contributed by atoms with E-state index in [-0.39, 0.29) is 28.2 Å². The van der Waals surface area contributed by atoms with Crippen molar-refractivity contribution >= 4 is 34.8 Å². The minimum Gasteiger partial charge on any atom is -0.395 e. The zero-order valence-electron chi connectivity index (χ0n) is 17.8. The lowest BCUT2D eigenvalue weighted by atomic mass is 10.0. The molecule has 1 aliphatic heterocycles. The highest BCUT2D eigenvalue weighted by molar-refractivity contribution is 6.33. The number of nitrogens with two attached hydrogens (primary N) is 1. The Morgan fingerprint density at radius 3 is 2.06 bits per heavy atom. The molecule has 0 saturated carbocycles. The van der Waals surface area contributed by atoms with Gasteiger partial charge in [-0.2, -0.15) is 13.2 Å². The van der Waals surface area contributed by atoms with Crippen molar-refractivity contribution in [3.63, 3.8) is 0 Å². The summed E-state index contributed by atoms with van der Waals surface area (Å²) in [4.78, 5) is 31.8. The van der Waals surface area contributed by atoms with Crippen LogP contribution in [0.25, 0.3) is 0 Å². The number of halogens is 4. The van der Waals surface area contributed by atoms with Crippen LogP contribution in [-0.4, -0.2) is 59.7 Å². The number of carbonyl (C=O) groups excluding carboxylic acids is 2. The van der Waals surface area contributed by atoms with E-state index in [0.29, 0.717) is 37.3 Å². The molecule has 0 aromatic heterocycles. The number of para-hydroxylation sites is 1. The minimum absolute atomic E-state index is 0.0389. The Morgan fingerprint density at radius 2 is 1.52 bits per heavy atom. The maximum atomic E-state index is 13.0. The number of aliphatic imine (C=N–C) groups is 1. The van der Waals surface area contributed by atoms with Crippen LogP contribution in [0.4, 0.5) is 18.9 Å². The molecule has 3 rings (SSSR count). The monoisotopic (exact) mass is 478 g/mol. The first kappa shape index (κ1) is 24.3. The summed E-state index contributed by atoms with van der Waals surface area (Å²) in [5.41, 5.74) is 4.85. The summed E-state index contributed by atoms with van der Waals surface area (Å²) in [6, 6.07) is 12.5. The summed E-state index contributed by atoms with van der Waals surface area (Å²) in [6.45, 7) is 3.21. The van der Waals surface area contributed by atoms with E-state index >= 15 is 0 Å². The molecule has 1 aliphatic rings. The molecule has 2 aromatic rings. The third-order valence-corrected chi connectivity index (χ3v) is 5.47. The maximum Gasteiger partial charge on any atom is 0.430 e. The minimum atomic E-state index is -4.72. The highest BCUT2D eigenvalue weighted by Crippen LogP contribution is 2.27. The van der Waals surface area contributed by atoms with Crippen LogP contribution >= 0.6 is 11.6 Å². The molecule has 0 radical (unpaired) electrons. The fourth-order valence-electron chi connectivity index (χ4n) is 3.27. The molecular formula is C23H22ClF3N4O2. The molecule has 174 valence electrons. The Kier molecular flexibility index (Phi) is 7.43. The van der Waals surface area contributed by atoms with Crippen LogP contribution in [0.3, 0.4) is 0 Å². The Morgan fingerprint density at radius 1 is 0.970 bits per heavy atom. The van der Waals surface area contributed by atoms with Crippen LogP contribution in [0.2, 0.25) is 5.02 Å². The molecule has 2 N–H and O–H groups in total. The van der Waals surface area contributed by atoms with Crippen molar-refractivity contribution in [2.45, 2.75) is 13.1 Å². The molecule has 33 heavy (non-hydrogen) atoms. The fourth-order valence-corrected chi connectivity index (χ4v) is 3.45. The van der Waals surface area contributed by atoms with Gasteiger partial charge in [0.05, 0.1) is 16.4 Å². The topological polar surface area (TPSA) is 79.0 Å². The van der Waals surface area contributed by atoms with Gasteiger partial charge in [0.1, 0.15) is 5.70 Å². The van der Waals surface area contributed by atoms with E-state index in [4.69, 9.17) is 17.3 Å². The van der Waals surface area contributed by atoms with Crippen LogP contribution in [0.1, 0.15) is 22.8 Å². The highest BCUT2D eigenvalue weighted by atomic mass is 35.5. The number of hydrogen-bond acceptors (Lipinski definition) is 4. The van der Waals surface area contributed by atoms with Gasteiger partial charge in [-0.1, -0.05) is 35.9 Å². The van der Waals surface area contributed by atoms with Gasteiger partial charge in [0.2, 0.25) is 5.91 Å². The molecule has 0 aliphatic carbocycles. The lowest BCUT2D eigenvalue weighted by Crippen LogP contribution is -2.50. The molecule has 10 heteroatoms. The normalized spacial score (nSPS) is 15.5. The van der Waals surface area contributed by atoms with Gasteiger partial charge < -0.3 is 15.5 Å². The van der Waals surface area contributed by atoms with Crippen molar-refractivity contribution in [2.75, 3.05) is 26.2 Å². The lowest BCUT2D eigenvalue weighted by Gasteiger charge is -2.34. The first-order chi connectivity index (χ1) is 15.6. The molecular weight excluding hydrogens is 457 g/mol. The summed E-state index contributed by atoms with van der Waals surface area (Å²) in [6.07, 6.45) is -3.99. The second-order valence-electron chi connectivity index (χ2n) is 7.42. The number of nitrogens with zero attached hydrogens (tertiary/aromatic N) is 3. The number of allylic oxidation sites excluding steroid dienone is 2. The van der Waals surface area contributed by atoms with Gasteiger partial charge >= 0.3 is 6.18 Å². The Balaban J connectivity index is 1.88. The number of carbonyl (C=O) groups is 2. The van der Waals surface area contributed by atoms with Crippen molar-refractivity contribution in [1.82, 2.24) is 9.80 Å². The van der Waals surface area contributed by atoms with Gasteiger partial charge in [-0.25, -0.2) is 4.99 Å². The largest absolute Gasteiger partial charge is 0.430 e. The third-order valence-electron chi connectivity index (χ3n) is 5.15. The predicted molar refractivity (Wildman–Crippen MR) is 121 cm³/mol. The fraction of sp³-hybridized carbons (Fsp3) is 0.261. The van der Waals surface area contributed by atoms with Crippen LogP contribution < -0.4 is 5.73 Å². The smallest absolute Gasteiger partial charge is 0.395 e.